The summed E-state index contributed by atoms with van der Waals surface area (Å²) in [6.45, 7) is 1.80. The molecule has 7 heteroatoms. The number of likely N-dealkylation sites (N-methyl/N-ethyl adjacent to an activating group) is 1. The molecule has 2 unspecified atom stereocenters. The number of ether oxygens (including phenoxy) is 1. The maximum Gasteiger partial charge on any atom is 0.407 e. The Bertz CT molecular complexity index is 531. The van der Waals surface area contributed by atoms with Crippen molar-refractivity contribution in [1.29, 1.82) is 0 Å². The summed E-state index contributed by atoms with van der Waals surface area (Å²) >= 11 is 0. The highest BCUT2D eigenvalue weighted by molar-refractivity contribution is 5.99. The van der Waals surface area contributed by atoms with Crippen molar-refractivity contribution in [2.45, 2.75) is 31.7 Å². The molecule has 1 aliphatic rings. The van der Waals surface area contributed by atoms with Gasteiger partial charge in [0.25, 0.3) is 5.91 Å². The van der Waals surface area contributed by atoms with Gasteiger partial charge in [0.05, 0.1) is 5.69 Å². The lowest BCUT2D eigenvalue weighted by molar-refractivity contribution is -0.149. The highest BCUT2D eigenvalue weighted by atomic mass is 19.4. The van der Waals surface area contributed by atoms with E-state index in [1.54, 1.807) is 6.92 Å². The van der Waals surface area contributed by atoms with Crippen LogP contribution in [0.2, 0.25) is 0 Å². The van der Waals surface area contributed by atoms with Gasteiger partial charge in [-0.2, -0.15) is 13.2 Å². The monoisotopic (exact) mass is 288 g/mol. The smallest absolute Gasteiger partial charge is 0.407 e. The Morgan fingerprint density at radius 2 is 2.10 bits per heavy atom. The minimum Gasteiger partial charge on any atom is -0.478 e. The van der Waals surface area contributed by atoms with Gasteiger partial charge in [-0.3, -0.25) is 4.79 Å². The van der Waals surface area contributed by atoms with Gasteiger partial charge in [0, 0.05) is 7.05 Å². The van der Waals surface area contributed by atoms with Crippen molar-refractivity contribution in [2.24, 2.45) is 5.73 Å². The van der Waals surface area contributed by atoms with Crippen molar-refractivity contribution in [3.05, 3.63) is 23.8 Å². The van der Waals surface area contributed by atoms with Gasteiger partial charge in [-0.1, -0.05) is 13.0 Å². The maximum absolute atomic E-state index is 12.6. The summed E-state index contributed by atoms with van der Waals surface area (Å²) < 4.78 is 43.3. The van der Waals surface area contributed by atoms with E-state index in [4.69, 9.17) is 10.5 Å². The number of anilines is 1. The van der Waals surface area contributed by atoms with E-state index in [1.165, 1.54) is 30.1 Å². The molecule has 0 aromatic heterocycles. The van der Waals surface area contributed by atoms with Crippen LogP contribution in [0, 0.1) is 0 Å². The molecule has 1 amide bonds. The fraction of sp³-hybridized carbons (Fsp3) is 0.462. The van der Waals surface area contributed by atoms with Gasteiger partial charge in [0.1, 0.15) is 11.8 Å². The Kier molecular flexibility index (Phi) is 3.64. The quantitative estimate of drug-likeness (QED) is 0.909. The molecular weight excluding hydrogens is 273 g/mol. The van der Waals surface area contributed by atoms with Crippen LogP contribution >= 0.6 is 0 Å². The minimum atomic E-state index is -4.53. The zero-order chi connectivity index (χ0) is 15.1. The Morgan fingerprint density at radius 3 is 2.65 bits per heavy atom. The molecule has 0 bridgehead atoms. The number of nitrogens with two attached hydrogens (primary N) is 1. The zero-order valence-electron chi connectivity index (χ0n) is 11.1. The summed E-state index contributed by atoms with van der Waals surface area (Å²) in [6.07, 6.45) is -4.64. The Hall–Kier alpha value is -1.76. The molecule has 0 fully saturated rings. The largest absolute Gasteiger partial charge is 0.478 e. The molecule has 0 spiro atoms. The van der Waals surface area contributed by atoms with E-state index in [0.29, 0.717) is 17.9 Å². The molecule has 2 N–H and O–H groups in total. The third kappa shape index (κ3) is 2.45. The molecule has 20 heavy (non-hydrogen) atoms. The van der Waals surface area contributed by atoms with E-state index in [2.05, 4.69) is 0 Å². The Balaban J connectivity index is 2.40. The topological polar surface area (TPSA) is 55.6 Å². The van der Waals surface area contributed by atoms with Crippen molar-refractivity contribution in [1.82, 2.24) is 0 Å². The van der Waals surface area contributed by atoms with E-state index >= 15 is 0 Å². The SMILES string of the molecule is CCC1Oc2ccc(C(N)C(F)(F)F)cc2N(C)C1=O. The van der Waals surface area contributed by atoms with Crippen molar-refractivity contribution in [2.75, 3.05) is 11.9 Å². The first-order valence-electron chi connectivity index (χ1n) is 6.16. The van der Waals surface area contributed by atoms with Gasteiger partial charge >= 0.3 is 6.18 Å². The molecule has 0 aliphatic carbocycles. The number of benzene rings is 1. The summed E-state index contributed by atoms with van der Waals surface area (Å²) in [5.74, 6) is 0.106. The van der Waals surface area contributed by atoms with E-state index in [1.807, 2.05) is 0 Å². The molecule has 1 aliphatic heterocycles. The van der Waals surface area contributed by atoms with Gasteiger partial charge in [0.15, 0.2) is 6.10 Å². The average Bonchev–Trinajstić information content (AvgIpc) is 2.40. The molecule has 1 aromatic rings. The fourth-order valence-electron chi connectivity index (χ4n) is 2.07. The predicted octanol–water partition coefficient (Wildman–Crippen LogP) is 2.38. The fourth-order valence-corrected chi connectivity index (χ4v) is 2.07. The van der Waals surface area contributed by atoms with E-state index in [-0.39, 0.29) is 11.5 Å². The summed E-state index contributed by atoms with van der Waals surface area (Å²) in [5.41, 5.74) is 5.37. The van der Waals surface area contributed by atoms with Crippen LogP contribution in [0.15, 0.2) is 18.2 Å². The van der Waals surface area contributed by atoms with Crippen molar-refractivity contribution < 1.29 is 22.7 Å². The van der Waals surface area contributed by atoms with Crippen LogP contribution in [0.5, 0.6) is 5.75 Å². The van der Waals surface area contributed by atoms with Crippen LogP contribution in [0.3, 0.4) is 0 Å². The number of hydrogen-bond acceptors (Lipinski definition) is 3. The van der Waals surface area contributed by atoms with Gasteiger partial charge in [-0.25, -0.2) is 0 Å². The normalized spacial score (nSPS) is 20.4. The molecule has 0 radical (unpaired) electrons. The molecule has 4 nitrogen and oxygen atoms in total. The van der Waals surface area contributed by atoms with Crippen LogP contribution in [0.25, 0.3) is 0 Å². The molecular formula is C13H15F3N2O2. The zero-order valence-corrected chi connectivity index (χ0v) is 11.1. The van der Waals surface area contributed by atoms with Crippen LogP contribution in [0.1, 0.15) is 24.9 Å². The van der Waals surface area contributed by atoms with E-state index in [0.717, 1.165) is 0 Å². The van der Waals surface area contributed by atoms with Crippen LogP contribution in [0.4, 0.5) is 18.9 Å². The number of hydrogen-bond donors (Lipinski definition) is 1. The van der Waals surface area contributed by atoms with Crippen molar-refractivity contribution in [3.63, 3.8) is 0 Å². The maximum atomic E-state index is 12.6. The third-order valence-electron chi connectivity index (χ3n) is 3.30. The predicted molar refractivity (Wildman–Crippen MR) is 67.5 cm³/mol. The Labute approximate surface area is 114 Å². The van der Waals surface area contributed by atoms with Crippen LogP contribution in [-0.4, -0.2) is 25.2 Å². The van der Waals surface area contributed by atoms with Crippen molar-refractivity contribution >= 4 is 11.6 Å². The summed E-state index contributed by atoms with van der Waals surface area (Å²) in [4.78, 5) is 13.2. The molecule has 0 saturated carbocycles. The highest BCUT2D eigenvalue weighted by Gasteiger charge is 2.39. The number of rotatable bonds is 2. The van der Waals surface area contributed by atoms with Gasteiger partial charge in [-0.15, -0.1) is 0 Å². The highest BCUT2D eigenvalue weighted by Crippen LogP contribution is 2.38. The minimum absolute atomic E-state index is 0.102. The second-order valence-electron chi connectivity index (χ2n) is 4.66. The number of carbonyl (C=O) groups excluding carboxylic acids is 1. The van der Waals surface area contributed by atoms with Gasteiger partial charge in [-0.05, 0) is 24.1 Å². The molecule has 0 saturated heterocycles. The van der Waals surface area contributed by atoms with Crippen LogP contribution in [-0.2, 0) is 4.79 Å². The molecule has 110 valence electrons. The number of fused-ring (bicyclic) bond motifs is 1. The lowest BCUT2D eigenvalue weighted by atomic mass is 10.0. The van der Waals surface area contributed by atoms with E-state index < -0.39 is 18.3 Å². The standard InChI is InChI=1S/C13H15F3N2O2/c1-3-9-12(19)18(2)8-6-7(4-5-10(8)20-9)11(17)13(14,15)16/h4-6,9,11H,3,17H2,1-2H3. The molecule has 1 heterocycles. The Morgan fingerprint density at radius 1 is 1.45 bits per heavy atom. The van der Waals surface area contributed by atoms with Gasteiger partial charge < -0.3 is 15.4 Å². The number of carbonyl (C=O) groups is 1. The van der Waals surface area contributed by atoms with Gasteiger partial charge in [0.2, 0.25) is 0 Å². The lowest BCUT2D eigenvalue weighted by Gasteiger charge is -2.32. The second kappa shape index (κ2) is 4.97. The van der Waals surface area contributed by atoms with Crippen LogP contribution < -0.4 is 15.4 Å². The molecule has 1 aromatic carbocycles. The second-order valence-corrected chi connectivity index (χ2v) is 4.66. The molecule has 2 rings (SSSR count). The third-order valence-corrected chi connectivity index (χ3v) is 3.30. The summed E-state index contributed by atoms with van der Waals surface area (Å²) in [5, 5.41) is 0. The lowest BCUT2D eigenvalue weighted by Crippen LogP contribution is -2.43. The number of alkyl halides is 3. The number of amides is 1. The first-order valence-corrected chi connectivity index (χ1v) is 6.16. The van der Waals surface area contributed by atoms with Crippen molar-refractivity contribution in [3.8, 4) is 5.75 Å². The number of nitrogens with zero attached hydrogens (tertiary/aromatic N) is 1. The molecule has 2 atom stereocenters. The summed E-state index contributed by atoms with van der Waals surface area (Å²) in [7, 11) is 1.51. The average molecular weight is 288 g/mol. The number of halogens is 3. The first kappa shape index (κ1) is 14.6. The van der Waals surface area contributed by atoms with E-state index in [9.17, 15) is 18.0 Å². The summed E-state index contributed by atoms with van der Waals surface area (Å²) in [6, 6.07) is 1.85. The first-order chi connectivity index (χ1) is 9.25.